The van der Waals surface area contributed by atoms with E-state index in [0.717, 1.165) is 11.3 Å². The highest BCUT2D eigenvalue weighted by Gasteiger charge is 2.20. The van der Waals surface area contributed by atoms with Gasteiger partial charge in [-0.05, 0) is 44.4 Å². The third kappa shape index (κ3) is 3.18. The van der Waals surface area contributed by atoms with Crippen molar-refractivity contribution in [2.24, 2.45) is 0 Å². The van der Waals surface area contributed by atoms with Crippen LogP contribution in [0.2, 0.25) is 0 Å². The molecule has 1 saturated carbocycles. The largest absolute Gasteiger partial charge is 0.354 e. The molecule has 1 aliphatic carbocycles. The molecular formula is C17H23N3O. The van der Waals surface area contributed by atoms with Crippen LogP contribution in [0.1, 0.15) is 55.1 Å². The third-order valence-corrected chi connectivity index (χ3v) is 4.36. The summed E-state index contributed by atoms with van der Waals surface area (Å²) in [5.41, 5.74) is 3.48. The van der Waals surface area contributed by atoms with Gasteiger partial charge in [-0.1, -0.05) is 19.3 Å². The Labute approximate surface area is 126 Å². The van der Waals surface area contributed by atoms with Crippen LogP contribution in [0.3, 0.4) is 0 Å². The molecule has 0 bridgehead atoms. The molecule has 0 saturated heterocycles. The molecule has 2 rings (SSSR count). The van der Waals surface area contributed by atoms with Gasteiger partial charge in [0.1, 0.15) is 11.6 Å². The second kappa shape index (κ2) is 6.62. The van der Waals surface area contributed by atoms with Crippen molar-refractivity contribution in [2.75, 3.05) is 7.05 Å². The second-order valence-electron chi connectivity index (χ2n) is 5.74. The fourth-order valence-electron chi connectivity index (χ4n) is 3.29. The third-order valence-electron chi connectivity index (χ3n) is 4.36. The molecule has 0 unspecified atom stereocenters. The Hall–Kier alpha value is -2.02. The average molecular weight is 285 g/mol. The smallest absolute Gasteiger partial charge is 0.261 e. The van der Waals surface area contributed by atoms with Crippen molar-refractivity contribution in [2.45, 2.75) is 52.0 Å². The minimum absolute atomic E-state index is 0.154. The molecule has 1 N–H and O–H groups in total. The second-order valence-corrected chi connectivity index (χ2v) is 5.74. The molecule has 0 atom stereocenters. The van der Waals surface area contributed by atoms with E-state index < -0.39 is 0 Å². The lowest BCUT2D eigenvalue weighted by Crippen LogP contribution is -2.19. The first kappa shape index (κ1) is 15.4. The maximum atomic E-state index is 11.6. The molecule has 1 heterocycles. The lowest BCUT2D eigenvalue weighted by molar-refractivity contribution is -0.116. The van der Waals surface area contributed by atoms with Gasteiger partial charge in [-0.2, -0.15) is 5.26 Å². The number of carbonyl (C=O) groups is 1. The highest BCUT2D eigenvalue weighted by molar-refractivity contribution is 6.01. The summed E-state index contributed by atoms with van der Waals surface area (Å²) in [6.45, 7) is 4.18. The Morgan fingerprint density at radius 3 is 2.62 bits per heavy atom. The highest BCUT2D eigenvalue weighted by Crippen LogP contribution is 2.32. The number of likely N-dealkylation sites (N-methyl/N-ethyl adjacent to an activating group) is 1. The van der Waals surface area contributed by atoms with Gasteiger partial charge < -0.3 is 9.88 Å². The van der Waals surface area contributed by atoms with Gasteiger partial charge in [0.05, 0.1) is 0 Å². The van der Waals surface area contributed by atoms with Gasteiger partial charge >= 0.3 is 0 Å². The van der Waals surface area contributed by atoms with Crippen molar-refractivity contribution >= 4 is 12.0 Å². The summed E-state index contributed by atoms with van der Waals surface area (Å²) in [5.74, 6) is -0.333. The van der Waals surface area contributed by atoms with E-state index >= 15 is 0 Å². The topological polar surface area (TPSA) is 57.8 Å². The van der Waals surface area contributed by atoms with Crippen molar-refractivity contribution in [3.8, 4) is 6.07 Å². The first-order valence-electron chi connectivity index (χ1n) is 7.60. The van der Waals surface area contributed by atoms with E-state index in [9.17, 15) is 4.79 Å². The van der Waals surface area contributed by atoms with Crippen molar-refractivity contribution in [3.05, 3.63) is 28.6 Å². The predicted molar refractivity (Wildman–Crippen MR) is 83.7 cm³/mol. The van der Waals surface area contributed by atoms with Crippen molar-refractivity contribution in [1.29, 1.82) is 5.26 Å². The lowest BCUT2D eigenvalue weighted by Gasteiger charge is -2.26. The Morgan fingerprint density at radius 1 is 1.38 bits per heavy atom. The number of aromatic nitrogens is 1. The van der Waals surface area contributed by atoms with Gasteiger partial charge in [0.15, 0.2) is 0 Å². The van der Waals surface area contributed by atoms with Crippen LogP contribution in [0.5, 0.6) is 0 Å². The number of nitriles is 1. The molecule has 4 nitrogen and oxygen atoms in total. The molecule has 1 aromatic heterocycles. The number of nitrogens with zero attached hydrogens (tertiary/aromatic N) is 2. The van der Waals surface area contributed by atoms with Gasteiger partial charge in [0.25, 0.3) is 5.91 Å². The van der Waals surface area contributed by atoms with Gasteiger partial charge in [-0.15, -0.1) is 0 Å². The number of amides is 1. The Balaban J connectivity index is 2.37. The highest BCUT2D eigenvalue weighted by atomic mass is 16.1. The maximum absolute atomic E-state index is 11.6. The molecule has 21 heavy (non-hydrogen) atoms. The van der Waals surface area contributed by atoms with E-state index in [-0.39, 0.29) is 11.5 Å². The maximum Gasteiger partial charge on any atom is 0.261 e. The molecule has 1 amide bonds. The molecule has 0 aliphatic heterocycles. The minimum Gasteiger partial charge on any atom is -0.354 e. The quantitative estimate of drug-likeness (QED) is 0.684. The van der Waals surface area contributed by atoms with Crippen LogP contribution in [0, 0.1) is 25.2 Å². The first-order valence-corrected chi connectivity index (χ1v) is 7.60. The fraction of sp³-hybridized carbons (Fsp3) is 0.529. The molecule has 0 spiro atoms. The fourth-order valence-corrected chi connectivity index (χ4v) is 3.29. The van der Waals surface area contributed by atoms with Gasteiger partial charge in [-0.25, -0.2) is 0 Å². The van der Waals surface area contributed by atoms with E-state index in [0.29, 0.717) is 6.04 Å². The summed E-state index contributed by atoms with van der Waals surface area (Å²) in [4.78, 5) is 11.6. The molecule has 1 aromatic rings. The zero-order valence-corrected chi connectivity index (χ0v) is 13.1. The molecule has 1 aliphatic rings. The van der Waals surface area contributed by atoms with E-state index in [1.807, 2.05) is 6.07 Å². The van der Waals surface area contributed by atoms with Gasteiger partial charge in [0, 0.05) is 24.5 Å². The Morgan fingerprint density at radius 2 is 2.05 bits per heavy atom. The molecule has 0 radical (unpaired) electrons. The summed E-state index contributed by atoms with van der Waals surface area (Å²) in [6.07, 6.45) is 8.04. The standard InChI is InChI=1S/C17H23N3O/c1-12-9-14(10-15(11-18)17(21)19-3)13(2)20(12)16-7-5-4-6-8-16/h9-10,16H,4-8H2,1-3H3,(H,19,21)/b15-10+. The van der Waals surface area contributed by atoms with E-state index in [1.165, 1.54) is 37.8 Å². The van der Waals surface area contributed by atoms with Crippen LogP contribution >= 0.6 is 0 Å². The number of rotatable bonds is 3. The lowest BCUT2D eigenvalue weighted by atomic mass is 9.95. The SMILES string of the molecule is CNC(=O)/C(C#N)=C/c1cc(C)n(C2CCCCC2)c1C. The Kier molecular flexibility index (Phi) is 4.85. The van der Waals surface area contributed by atoms with E-state index in [4.69, 9.17) is 5.26 Å². The summed E-state index contributed by atoms with van der Waals surface area (Å²) >= 11 is 0. The first-order chi connectivity index (χ1) is 10.1. The van der Waals surface area contributed by atoms with Crippen LogP contribution in [-0.4, -0.2) is 17.5 Å². The van der Waals surface area contributed by atoms with E-state index in [2.05, 4.69) is 29.8 Å². The molecule has 4 heteroatoms. The summed E-state index contributed by atoms with van der Waals surface area (Å²) in [7, 11) is 1.54. The molecule has 0 aromatic carbocycles. The van der Waals surface area contributed by atoms with Crippen LogP contribution < -0.4 is 5.32 Å². The number of hydrogen-bond donors (Lipinski definition) is 1. The molecule has 1 fully saturated rings. The predicted octanol–water partition coefficient (Wildman–Crippen LogP) is 3.26. The summed E-state index contributed by atoms with van der Waals surface area (Å²) < 4.78 is 2.38. The van der Waals surface area contributed by atoms with Crippen LogP contribution in [0.4, 0.5) is 0 Å². The average Bonchev–Trinajstić information content (AvgIpc) is 2.79. The van der Waals surface area contributed by atoms with Gasteiger partial charge in [-0.3, -0.25) is 4.79 Å². The monoisotopic (exact) mass is 285 g/mol. The van der Waals surface area contributed by atoms with Gasteiger partial charge in [0.2, 0.25) is 0 Å². The minimum atomic E-state index is -0.333. The van der Waals surface area contributed by atoms with Crippen LogP contribution in [0.15, 0.2) is 11.6 Å². The number of nitrogens with one attached hydrogen (secondary N) is 1. The van der Waals surface area contributed by atoms with Crippen LogP contribution in [0.25, 0.3) is 6.08 Å². The summed E-state index contributed by atoms with van der Waals surface area (Å²) in [5, 5.41) is 11.6. The van der Waals surface area contributed by atoms with Crippen LogP contribution in [-0.2, 0) is 4.79 Å². The zero-order valence-electron chi connectivity index (χ0n) is 13.1. The molecule has 112 valence electrons. The van der Waals surface area contributed by atoms with E-state index in [1.54, 1.807) is 13.1 Å². The molecular weight excluding hydrogens is 262 g/mol. The van der Waals surface area contributed by atoms with Crippen molar-refractivity contribution in [3.63, 3.8) is 0 Å². The summed E-state index contributed by atoms with van der Waals surface area (Å²) in [6, 6.07) is 4.61. The van der Waals surface area contributed by atoms with Crippen molar-refractivity contribution < 1.29 is 4.79 Å². The number of carbonyl (C=O) groups excluding carboxylic acids is 1. The zero-order chi connectivity index (χ0) is 15.4. The normalized spacial score (nSPS) is 16.6. The number of aryl methyl sites for hydroxylation is 1. The Bertz CT molecular complexity index is 598. The number of hydrogen-bond acceptors (Lipinski definition) is 2. The van der Waals surface area contributed by atoms with Crippen molar-refractivity contribution in [1.82, 2.24) is 9.88 Å².